The number of hydrogen-bond acceptors (Lipinski definition) is 2. The second-order valence-electron chi connectivity index (χ2n) is 4.74. The number of hydrogen-bond donors (Lipinski definition) is 2. The van der Waals surface area contributed by atoms with Crippen molar-refractivity contribution in [3.8, 4) is 0 Å². The summed E-state index contributed by atoms with van der Waals surface area (Å²) < 4.78 is 0. The summed E-state index contributed by atoms with van der Waals surface area (Å²) in [6.45, 7) is 7.90. The topological polar surface area (TPSA) is 41.1 Å². The van der Waals surface area contributed by atoms with Crippen molar-refractivity contribution < 1.29 is 4.79 Å². The molecule has 0 heterocycles. The van der Waals surface area contributed by atoms with Crippen LogP contribution in [0.2, 0.25) is 0 Å². The molecule has 0 aliphatic rings. The summed E-state index contributed by atoms with van der Waals surface area (Å²) >= 11 is 0. The van der Waals surface area contributed by atoms with Gasteiger partial charge in [0.1, 0.15) is 0 Å². The third-order valence-electron chi connectivity index (χ3n) is 2.50. The van der Waals surface area contributed by atoms with Gasteiger partial charge in [0.25, 0.3) is 0 Å². The fourth-order valence-corrected chi connectivity index (χ4v) is 1.53. The molecule has 0 aliphatic carbocycles. The quantitative estimate of drug-likeness (QED) is 0.743. The van der Waals surface area contributed by atoms with Crippen LogP contribution in [0, 0.1) is 5.92 Å². The highest BCUT2D eigenvalue weighted by molar-refractivity contribution is 5.88. The highest BCUT2D eigenvalue weighted by Crippen LogP contribution is 2.09. The van der Waals surface area contributed by atoms with Crippen LogP contribution in [0.4, 0.5) is 5.69 Å². The molecule has 17 heavy (non-hydrogen) atoms. The largest absolute Gasteiger partial charge is 0.326 e. The van der Waals surface area contributed by atoms with Crippen LogP contribution < -0.4 is 10.6 Å². The molecule has 0 aromatic heterocycles. The van der Waals surface area contributed by atoms with Crippen LogP contribution in [-0.4, -0.2) is 12.5 Å². The highest BCUT2D eigenvalue weighted by Gasteiger charge is 1.97. The Bertz CT molecular complexity index is 344. The van der Waals surface area contributed by atoms with E-state index in [1.54, 1.807) is 0 Å². The minimum atomic E-state index is -0.0344. The molecule has 1 amide bonds. The number of amides is 1. The summed E-state index contributed by atoms with van der Waals surface area (Å²) in [7, 11) is 0. The molecule has 1 aromatic rings. The second-order valence-corrected chi connectivity index (χ2v) is 4.74. The predicted molar refractivity (Wildman–Crippen MR) is 71.9 cm³/mol. The molecule has 94 valence electrons. The van der Waals surface area contributed by atoms with Crippen LogP contribution in [0.25, 0.3) is 0 Å². The van der Waals surface area contributed by atoms with Gasteiger partial charge >= 0.3 is 0 Å². The van der Waals surface area contributed by atoms with Crippen molar-refractivity contribution in [1.29, 1.82) is 0 Å². The fourth-order valence-electron chi connectivity index (χ4n) is 1.53. The summed E-state index contributed by atoms with van der Waals surface area (Å²) in [5.41, 5.74) is 2.09. The van der Waals surface area contributed by atoms with Gasteiger partial charge in [0.05, 0.1) is 0 Å². The summed E-state index contributed by atoms with van der Waals surface area (Å²) in [5.74, 6) is 0.706. The molecule has 0 spiro atoms. The van der Waals surface area contributed by atoms with Crippen LogP contribution in [0.1, 0.15) is 32.8 Å². The van der Waals surface area contributed by atoms with E-state index in [1.807, 2.05) is 24.3 Å². The molecule has 3 heteroatoms. The van der Waals surface area contributed by atoms with Gasteiger partial charge in [0, 0.05) is 19.2 Å². The number of carbonyl (C=O) groups is 1. The van der Waals surface area contributed by atoms with E-state index in [-0.39, 0.29) is 5.91 Å². The zero-order valence-electron chi connectivity index (χ0n) is 10.9. The Morgan fingerprint density at radius 2 is 1.88 bits per heavy atom. The van der Waals surface area contributed by atoms with Crippen LogP contribution >= 0.6 is 0 Å². The molecule has 3 nitrogen and oxygen atoms in total. The molecule has 2 N–H and O–H groups in total. The van der Waals surface area contributed by atoms with E-state index >= 15 is 0 Å². The average Bonchev–Trinajstić information content (AvgIpc) is 2.25. The Kier molecular flexibility index (Phi) is 5.70. The van der Waals surface area contributed by atoms with Gasteiger partial charge in [-0.05, 0) is 36.6 Å². The number of anilines is 1. The third-order valence-corrected chi connectivity index (χ3v) is 2.50. The first-order chi connectivity index (χ1) is 8.08. The van der Waals surface area contributed by atoms with Crippen molar-refractivity contribution in [2.75, 3.05) is 11.9 Å². The van der Waals surface area contributed by atoms with Gasteiger partial charge in [0.15, 0.2) is 0 Å². The summed E-state index contributed by atoms with van der Waals surface area (Å²) in [5, 5.41) is 6.16. The summed E-state index contributed by atoms with van der Waals surface area (Å²) in [6.07, 6.45) is 1.20. The molecule has 0 radical (unpaired) electrons. The standard InChI is InChI=1S/C14H22N2O/c1-11(2)8-9-15-10-13-4-6-14(7-5-13)16-12(3)17/h4-7,11,15H,8-10H2,1-3H3,(H,16,17). The molecule has 0 unspecified atom stereocenters. The van der Waals surface area contributed by atoms with Crippen molar-refractivity contribution in [3.63, 3.8) is 0 Å². The lowest BCUT2D eigenvalue weighted by Crippen LogP contribution is -2.16. The first-order valence-corrected chi connectivity index (χ1v) is 6.15. The van der Waals surface area contributed by atoms with Gasteiger partial charge in [-0.15, -0.1) is 0 Å². The monoisotopic (exact) mass is 234 g/mol. The van der Waals surface area contributed by atoms with E-state index in [1.165, 1.54) is 18.9 Å². The molecule has 1 rings (SSSR count). The van der Waals surface area contributed by atoms with Crippen molar-refractivity contribution in [3.05, 3.63) is 29.8 Å². The van der Waals surface area contributed by atoms with Gasteiger partial charge in [0.2, 0.25) is 5.91 Å². The van der Waals surface area contributed by atoms with E-state index in [2.05, 4.69) is 24.5 Å². The lowest BCUT2D eigenvalue weighted by molar-refractivity contribution is -0.114. The first-order valence-electron chi connectivity index (χ1n) is 6.15. The molecule has 0 atom stereocenters. The van der Waals surface area contributed by atoms with Crippen LogP contribution in [0.3, 0.4) is 0 Å². The molecule has 0 fully saturated rings. The zero-order chi connectivity index (χ0) is 12.7. The van der Waals surface area contributed by atoms with Crippen molar-refractivity contribution in [2.24, 2.45) is 5.92 Å². The lowest BCUT2D eigenvalue weighted by Gasteiger charge is -2.08. The number of carbonyl (C=O) groups excluding carboxylic acids is 1. The van der Waals surface area contributed by atoms with E-state index in [9.17, 15) is 4.79 Å². The van der Waals surface area contributed by atoms with Crippen LogP contribution in [0.15, 0.2) is 24.3 Å². The Balaban J connectivity index is 2.32. The van der Waals surface area contributed by atoms with Crippen molar-refractivity contribution in [1.82, 2.24) is 5.32 Å². The molecule has 0 saturated carbocycles. The maximum atomic E-state index is 10.8. The Hall–Kier alpha value is -1.35. The van der Waals surface area contributed by atoms with Crippen molar-refractivity contribution >= 4 is 11.6 Å². The maximum Gasteiger partial charge on any atom is 0.221 e. The molecular weight excluding hydrogens is 212 g/mol. The third kappa shape index (κ3) is 6.07. The Morgan fingerprint density at radius 3 is 2.41 bits per heavy atom. The SMILES string of the molecule is CC(=O)Nc1ccc(CNCCC(C)C)cc1. The first kappa shape index (κ1) is 13.7. The van der Waals surface area contributed by atoms with E-state index < -0.39 is 0 Å². The molecule has 0 aliphatic heterocycles. The van der Waals surface area contributed by atoms with Gasteiger partial charge in [-0.25, -0.2) is 0 Å². The lowest BCUT2D eigenvalue weighted by atomic mass is 10.1. The number of benzene rings is 1. The van der Waals surface area contributed by atoms with Gasteiger partial charge < -0.3 is 10.6 Å². The van der Waals surface area contributed by atoms with Gasteiger partial charge in [-0.3, -0.25) is 4.79 Å². The summed E-state index contributed by atoms with van der Waals surface area (Å²) in [4.78, 5) is 10.8. The van der Waals surface area contributed by atoms with Crippen LogP contribution in [-0.2, 0) is 11.3 Å². The second kappa shape index (κ2) is 7.07. The van der Waals surface area contributed by atoms with E-state index in [4.69, 9.17) is 0 Å². The Labute approximate surface area is 104 Å². The predicted octanol–water partition coefficient (Wildman–Crippen LogP) is 2.78. The number of rotatable bonds is 6. The smallest absolute Gasteiger partial charge is 0.221 e. The molecule has 0 saturated heterocycles. The normalized spacial score (nSPS) is 10.6. The zero-order valence-corrected chi connectivity index (χ0v) is 10.9. The Morgan fingerprint density at radius 1 is 1.24 bits per heavy atom. The van der Waals surface area contributed by atoms with Gasteiger partial charge in [-0.1, -0.05) is 26.0 Å². The van der Waals surface area contributed by atoms with Crippen molar-refractivity contribution in [2.45, 2.75) is 33.7 Å². The van der Waals surface area contributed by atoms with Crippen LogP contribution in [0.5, 0.6) is 0 Å². The van der Waals surface area contributed by atoms with E-state index in [0.29, 0.717) is 0 Å². The molecular formula is C14H22N2O. The highest BCUT2D eigenvalue weighted by atomic mass is 16.1. The number of nitrogens with one attached hydrogen (secondary N) is 2. The average molecular weight is 234 g/mol. The summed E-state index contributed by atoms with van der Waals surface area (Å²) in [6, 6.07) is 7.93. The minimum absolute atomic E-state index is 0.0344. The molecule has 1 aromatic carbocycles. The van der Waals surface area contributed by atoms with Gasteiger partial charge in [-0.2, -0.15) is 0 Å². The minimum Gasteiger partial charge on any atom is -0.326 e. The molecule has 0 bridgehead atoms. The van der Waals surface area contributed by atoms with E-state index in [0.717, 1.165) is 24.7 Å². The fraction of sp³-hybridized carbons (Fsp3) is 0.500. The maximum absolute atomic E-state index is 10.8.